The highest BCUT2D eigenvalue weighted by Crippen LogP contribution is 2.37. The molecule has 0 unspecified atom stereocenters. The molecule has 2 aromatic heterocycles. The van der Waals surface area contributed by atoms with Gasteiger partial charge in [0.15, 0.2) is 5.82 Å². The van der Waals surface area contributed by atoms with E-state index in [4.69, 9.17) is 5.73 Å². The molecule has 2 saturated heterocycles. The summed E-state index contributed by atoms with van der Waals surface area (Å²) >= 11 is 0. The standard InChI is InChI=1S/C25H31N7O2/c1-31(20-12-18-3-2-4-19(13-20)32(18)25(34)9-10-26)24-8-7-22(29-30-24)21-6-5-16(11-23(21)33)17-14-27-28-15-17/h5-8,11,14-15,18-20,33H,2-4,9-10,12-13,26H2,1H3,(H,27,28)/t18-,19+,20-. The van der Waals surface area contributed by atoms with Crippen LogP contribution in [0.15, 0.2) is 42.7 Å². The van der Waals surface area contributed by atoms with Crippen LogP contribution in [-0.4, -0.2) is 68.0 Å². The minimum atomic E-state index is 0.149. The number of aromatic amines is 1. The van der Waals surface area contributed by atoms with E-state index in [1.165, 1.54) is 6.42 Å². The molecular weight excluding hydrogens is 430 g/mol. The number of anilines is 1. The van der Waals surface area contributed by atoms with Gasteiger partial charge in [0.25, 0.3) is 0 Å². The quantitative estimate of drug-likeness (QED) is 0.515. The van der Waals surface area contributed by atoms with Crippen LogP contribution < -0.4 is 10.6 Å². The second-order valence-corrected chi connectivity index (χ2v) is 9.31. The summed E-state index contributed by atoms with van der Waals surface area (Å²) in [5.41, 5.74) is 8.68. The molecule has 0 spiro atoms. The number of hydrogen-bond acceptors (Lipinski definition) is 7. The Hall–Kier alpha value is -3.46. The van der Waals surface area contributed by atoms with Crippen molar-refractivity contribution >= 4 is 11.7 Å². The van der Waals surface area contributed by atoms with Crippen LogP contribution >= 0.6 is 0 Å². The summed E-state index contributed by atoms with van der Waals surface area (Å²) in [6, 6.07) is 10.2. The lowest BCUT2D eigenvalue weighted by atomic mass is 9.81. The highest BCUT2D eigenvalue weighted by Gasteiger charge is 2.41. The van der Waals surface area contributed by atoms with Crippen molar-refractivity contribution in [1.29, 1.82) is 0 Å². The molecule has 0 radical (unpaired) electrons. The molecule has 2 bridgehead atoms. The topological polar surface area (TPSA) is 124 Å². The van der Waals surface area contributed by atoms with Crippen LogP contribution in [0.25, 0.3) is 22.4 Å². The highest BCUT2D eigenvalue weighted by atomic mass is 16.3. The number of benzene rings is 1. The van der Waals surface area contributed by atoms with Gasteiger partial charge >= 0.3 is 0 Å². The molecule has 0 saturated carbocycles. The number of fused-ring (bicyclic) bond motifs is 2. The van der Waals surface area contributed by atoms with E-state index in [2.05, 4.69) is 37.2 Å². The van der Waals surface area contributed by atoms with E-state index in [0.717, 1.165) is 42.6 Å². The Morgan fingerprint density at radius 1 is 1.18 bits per heavy atom. The maximum atomic E-state index is 12.6. The Morgan fingerprint density at radius 2 is 1.97 bits per heavy atom. The molecule has 2 aliphatic heterocycles. The molecule has 9 nitrogen and oxygen atoms in total. The van der Waals surface area contributed by atoms with Crippen LogP contribution in [0, 0.1) is 0 Å². The molecule has 34 heavy (non-hydrogen) atoms. The van der Waals surface area contributed by atoms with Gasteiger partial charge in [-0.3, -0.25) is 9.89 Å². The fraction of sp³-hybridized carbons (Fsp3) is 0.440. The second-order valence-electron chi connectivity index (χ2n) is 9.31. The number of hydrogen-bond donors (Lipinski definition) is 3. The average molecular weight is 462 g/mol. The van der Waals surface area contributed by atoms with Gasteiger partial charge in [-0.1, -0.05) is 6.07 Å². The van der Waals surface area contributed by atoms with E-state index in [0.29, 0.717) is 30.3 Å². The fourth-order valence-electron chi connectivity index (χ4n) is 5.51. The minimum Gasteiger partial charge on any atom is -0.507 e. The molecule has 178 valence electrons. The van der Waals surface area contributed by atoms with Crippen LogP contribution in [0.4, 0.5) is 5.82 Å². The first-order chi connectivity index (χ1) is 16.5. The fourth-order valence-corrected chi connectivity index (χ4v) is 5.51. The maximum absolute atomic E-state index is 12.6. The summed E-state index contributed by atoms with van der Waals surface area (Å²) in [5, 5.41) is 26.2. The molecule has 1 amide bonds. The third-order valence-electron chi connectivity index (χ3n) is 7.26. The van der Waals surface area contributed by atoms with Crippen molar-refractivity contribution in [1.82, 2.24) is 25.3 Å². The number of phenols is 1. The zero-order valence-corrected chi connectivity index (χ0v) is 19.4. The average Bonchev–Trinajstić information content (AvgIpc) is 3.38. The molecule has 3 atom stereocenters. The van der Waals surface area contributed by atoms with Gasteiger partial charge in [0.05, 0.1) is 11.9 Å². The Morgan fingerprint density at radius 3 is 2.59 bits per heavy atom. The number of nitrogens with zero attached hydrogens (tertiary/aromatic N) is 5. The lowest BCUT2D eigenvalue weighted by molar-refractivity contribution is -0.140. The van der Waals surface area contributed by atoms with Crippen molar-refractivity contribution in [3.63, 3.8) is 0 Å². The van der Waals surface area contributed by atoms with Crippen LogP contribution in [-0.2, 0) is 4.79 Å². The van der Waals surface area contributed by atoms with Crippen LogP contribution in [0.1, 0.15) is 38.5 Å². The molecule has 9 heteroatoms. The monoisotopic (exact) mass is 461 g/mol. The number of phenolic OH excluding ortho intramolecular Hbond substituents is 1. The van der Waals surface area contributed by atoms with E-state index in [9.17, 15) is 9.90 Å². The zero-order valence-electron chi connectivity index (χ0n) is 19.4. The van der Waals surface area contributed by atoms with E-state index in [1.807, 2.05) is 24.3 Å². The van der Waals surface area contributed by atoms with E-state index < -0.39 is 0 Å². The van der Waals surface area contributed by atoms with Crippen molar-refractivity contribution in [3.05, 3.63) is 42.7 Å². The second kappa shape index (κ2) is 9.42. The largest absolute Gasteiger partial charge is 0.507 e. The van der Waals surface area contributed by atoms with Gasteiger partial charge in [-0.05, 0) is 61.9 Å². The lowest BCUT2D eigenvalue weighted by Crippen LogP contribution is -2.58. The van der Waals surface area contributed by atoms with Crippen molar-refractivity contribution < 1.29 is 9.90 Å². The number of H-pyrrole nitrogens is 1. The summed E-state index contributed by atoms with van der Waals surface area (Å²) in [4.78, 5) is 16.9. The molecule has 5 rings (SSSR count). The SMILES string of the molecule is CN(c1ccc(-c2ccc(-c3cn[nH]c3)cc2O)nn1)[C@@H]1C[C@H]2CCC[C@@H](C1)N2C(=O)CCN. The van der Waals surface area contributed by atoms with Crippen LogP contribution in [0.2, 0.25) is 0 Å². The number of aromatic nitrogens is 4. The third-order valence-corrected chi connectivity index (χ3v) is 7.26. The summed E-state index contributed by atoms with van der Waals surface area (Å²) in [6.45, 7) is 0.404. The molecule has 4 N–H and O–H groups in total. The molecule has 1 aromatic carbocycles. The van der Waals surface area contributed by atoms with Crippen molar-refractivity contribution in [2.45, 2.75) is 56.7 Å². The van der Waals surface area contributed by atoms with Crippen molar-refractivity contribution in [2.75, 3.05) is 18.5 Å². The van der Waals surface area contributed by atoms with Gasteiger partial charge in [0.2, 0.25) is 5.91 Å². The number of amides is 1. The normalized spacial score (nSPS) is 21.9. The number of aromatic hydroxyl groups is 1. The smallest absolute Gasteiger partial charge is 0.224 e. The Labute approximate surface area is 199 Å². The molecule has 3 aromatic rings. The predicted octanol–water partition coefficient (Wildman–Crippen LogP) is 2.94. The predicted molar refractivity (Wildman–Crippen MR) is 130 cm³/mol. The van der Waals surface area contributed by atoms with Crippen LogP contribution in [0.3, 0.4) is 0 Å². The lowest BCUT2D eigenvalue weighted by Gasteiger charge is -2.50. The van der Waals surface area contributed by atoms with Gasteiger partial charge in [0, 0.05) is 55.5 Å². The highest BCUT2D eigenvalue weighted by molar-refractivity contribution is 5.77. The van der Waals surface area contributed by atoms with E-state index >= 15 is 0 Å². The summed E-state index contributed by atoms with van der Waals surface area (Å²) < 4.78 is 0. The van der Waals surface area contributed by atoms with Gasteiger partial charge in [-0.2, -0.15) is 5.10 Å². The molecule has 2 fully saturated rings. The van der Waals surface area contributed by atoms with Gasteiger partial charge in [-0.25, -0.2) is 0 Å². The molecule has 0 aliphatic carbocycles. The Balaban J connectivity index is 1.30. The zero-order chi connectivity index (χ0) is 23.7. The van der Waals surface area contributed by atoms with E-state index in [-0.39, 0.29) is 23.7 Å². The summed E-state index contributed by atoms with van der Waals surface area (Å²) in [7, 11) is 2.05. The number of carbonyl (C=O) groups is 1. The Bertz CT molecular complexity index is 1120. The number of rotatable bonds is 6. The Kier molecular flexibility index (Phi) is 6.19. The van der Waals surface area contributed by atoms with Crippen molar-refractivity contribution in [2.24, 2.45) is 5.73 Å². The first-order valence-electron chi connectivity index (χ1n) is 12.0. The summed E-state index contributed by atoms with van der Waals surface area (Å²) in [5.74, 6) is 1.14. The number of nitrogens with one attached hydrogen (secondary N) is 1. The minimum absolute atomic E-state index is 0.149. The van der Waals surface area contributed by atoms with Gasteiger partial charge in [-0.15, -0.1) is 10.2 Å². The van der Waals surface area contributed by atoms with Crippen molar-refractivity contribution in [3.8, 4) is 28.1 Å². The third kappa shape index (κ3) is 4.23. The molecule has 2 aliphatic rings. The first-order valence-corrected chi connectivity index (χ1v) is 12.0. The molecular formula is C25H31N7O2. The first kappa shape index (κ1) is 22.3. The van der Waals surface area contributed by atoms with Gasteiger partial charge in [0.1, 0.15) is 5.75 Å². The summed E-state index contributed by atoms with van der Waals surface area (Å²) in [6.07, 6.45) is 9.07. The van der Waals surface area contributed by atoms with Gasteiger partial charge < -0.3 is 20.6 Å². The number of nitrogens with two attached hydrogens (primary N) is 1. The van der Waals surface area contributed by atoms with E-state index in [1.54, 1.807) is 18.5 Å². The van der Waals surface area contributed by atoms with Crippen LogP contribution in [0.5, 0.6) is 5.75 Å². The molecule has 4 heterocycles. The number of carbonyl (C=O) groups excluding carboxylic acids is 1. The number of piperidine rings is 2. The maximum Gasteiger partial charge on any atom is 0.224 e.